The molecule has 0 bridgehead atoms. The summed E-state index contributed by atoms with van der Waals surface area (Å²) in [6, 6.07) is 0.750. The molecule has 12 heavy (non-hydrogen) atoms. The first-order valence-corrected chi connectivity index (χ1v) is 5.52. The fraction of sp³-hybridized carbons (Fsp3) is 1.00. The zero-order valence-corrected chi connectivity index (χ0v) is 10.2. The van der Waals surface area contributed by atoms with Gasteiger partial charge in [-0.2, -0.15) is 0 Å². The topological polar surface area (TPSA) is 12.0 Å². The van der Waals surface area contributed by atoms with Gasteiger partial charge in [-0.15, -0.1) is 0 Å². The molecule has 1 unspecified atom stereocenters. The summed E-state index contributed by atoms with van der Waals surface area (Å²) >= 11 is 0. The molecule has 0 aliphatic carbocycles. The van der Waals surface area contributed by atoms with Crippen molar-refractivity contribution in [3.05, 3.63) is 0 Å². The third-order valence-corrected chi connectivity index (χ3v) is 1.54. The fourth-order valence-electron chi connectivity index (χ4n) is 0.901. The van der Waals surface area contributed by atoms with Gasteiger partial charge in [-0.3, -0.25) is 0 Å². The average Bonchev–Trinajstić information content (AvgIpc) is 2.20. The lowest BCUT2D eigenvalue weighted by Crippen LogP contribution is -2.23. The monoisotopic (exact) mass is 175 g/mol. The summed E-state index contributed by atoms with van der Waals surface area (Å²) in [5.74, 6) is 0. The summed E-state index contributed by atoms with van der Waals surface area (Å²) in [5.41, 5.74) is 0. The second kappa shape index (κ2) is 22.4. The molecule has 78 valence electrons. The molecule has 0 aromatic carbocycles. The Labute approximate surface area is 80.0 Å². The Hall–Kier alpha value is -0.0400. The van der Waals surface area contributed by atoms with E-state index in [1.54, 1.807) is 0 Å². The number of hydrogen-bond acceptors (Lipinski definition) is 1. The molecule has 0 aromatic heterocycles. The van der Waals surface area contributed by atoms with E-state index < -0.39 is 0 Å². The van der Waals surface area contributed by atoms with Gasteiger partial charge in [0.15, 0.2) is 0 Å². The summed E-state index contributed by atoms with van der Waals surface area (Å²) in [7, 11) is 2.03. The Balaban J connectivity index is -0.000000175. The Bertz CT molecular complexity index is 40.3. The largest absolute Gasteiger partial charge is 0.317 e. The van der Waals surface area contributed by atoms with Crippen molar-refractivity contribution in [3.8, 4) is 0 Å². The quantitative estimate of drug-likeness (QED) is 0.684. The summed E-state index contributed by atoms with van der Waals surface area (Å²) in [6.45, 7) is 12.4. The van der Waals surface area contributed by atoms with E-state index in [4.69, 9.17) is 0 Å². The van der Waals surface area contributed by atoms with Gasteiger partial charge in [0.05, 0.1) is 0 Å². The Morgan fingerprint density at radius 3 is 1.50 bits per heavy atom. The molecular weight excluding hydrogens is 146 g/mol. The normalized spacial score (nSPS) is 10.2. The molecule has 0 aromatic rings. The highest BCUT2D eigenvalue weighted by Crippen LogP contribution is 1.98. The Morgan fingerprint density at radius 2 is 1.42 bits per heavy atom. The summed E-state index contributed by atoms with van der Waals surface area (Å²) < 4.78 is 0. The maximum Gasteiger partial charge on any atom is 0.00613 e. The molecule has 1 atom stereocenters. The van der Waals surface area contributed by atoms with Crippen LogP contribution in [-0.2, 0) is 0 Å². The molecule has 1 nitrogen and oxygen atoms in total. The molecule has 0 heterocycles. The van der Waals surface area contributed by atoms with E-state index in [1.165, 1.54) is 19.3 Å². The van der Waals surface area contributed by atoms with E-state index >= 15 is 0 Å². The highest BCUT2D eigenvalue weighted by molar-refractivity contribution is 4.59. The SMILES string of the molecule is CC.CC.CCCC(CC)NC. The van der Waals surface area contributed by atoms with Crippen molar-refractivity contribution in [2.75, 3.05) is 7.05 Å². The Kier molecular flexibility index (Phi) is 33.5. The van der Waals surface area contributed by atoms with Crippen LogP contribution < -0.4 is 5.32 Å². The van der Waals surface area contributed by atoms with Crippen LogP contribution in [0.1, 0.15) is 60.8 Å². The van der Waals surface area contributed by atoms with Gasteiger partial charge >= 0.3 is 0 Å². The number of nitrogens with one attached hydrogen (secondary N) is 1. The maximum absolute atomic E-state index is 3.25. The number of rotatable bonds is 4. The van der Waals surface area contributed by atoms with Crippen LogP contribution in [0, 0.1) is 0 Å². The predicted molar refractivity (Wildman–Crippen MR) is 60.7 cm³/mol. The van der Waals surface area contributed by atoms with Crippen molar-refractivity contribution in [2.45, 2.75) is 66.8 Å². The first kappa shape index (κ1) is 17.9. The van der Waals surface area contributed by atoms with Gasteiger partial charge in [-0.05, 0) is 19.9 Å². The second-order valence-electron chi connectivity index (χ2n) is 2.18. The van der Waals surface area contributed by atoms with Crippen molar-refractivity contribution >= 4 is 0 Å². The number of hydrogen-bond donors (Lipinski definition) is 1. The van der Waals surface area contributed by atoms with Crippen LogP contribution in [-0.4, -0.2) is 13.1 Å². The van der Waals surface area contributed by atoms with Crippen LogP contribution in [0.25, 0.3) is 0 Å². The molecule has 0 aliphatic rings. The van der Waals surface area contributed by atoms with Crippen LogP contribution in [0.15, 0.2) is 0 Å². The minimum Gasteiger partial charge on any atom is -0.317 e. The average molecular weight is 175 g/mol. The molecule has 0 saturated heterocycles. The zero-order chi connectivity index (χ0) is 10.4. The van der Waals surface area contributed by atoms with Gasteiger partial charge in [0, 0.05) is 6.04 Å². The first-order valence-electron chi connectivity index (χ1n) is 5.52. The lowest BCUT2D eigenvalue weighted by molar-refractivity contribution is 0.503. The smallest absolute Gasteiger partial charge is 0.00613 e. The predicted octanol–water partition coefficient (Wildman–Crippen LogP) is 3.84. The van der Waals surface area contributed by atoms with Crippen LogP contribution in [0.4, 0.5) is 0 Å². The molecule has 0 amide bonds. The van der Waals surface area contributed by atoms with E-state index in [9.17, 15) is 0 Å². The molecule has 0 aliphatic heterocycles. The van der Waals surface area contributed by atoms with Crippen molar-refractivity contribution in [1.29, 1.82) is 0 Å². The lowest BCUT2D eigenvalue weighted by atomic mass is 10.1. The summed E-state index contributed by atoms with van der Waals surface area (Å²) in [4.78, 5) is 0. The maximum atomic E-state index is 3.25. The van der Waals surface area contributed by atoms with Gasteiger partial charge < -0.3 is 5.32 Å². The van der Waals surface area contributed by atoms with Crippen LogP contribution in [0.2, 0.25) is 0 Å². The van der Waals surface area contributed by atoms with Crippen LogP contribution in [0.5, 0.6) is 0 Å². The van der Waals surface area contributed by atoms with Gasteiger partial charge in [0.2, 0.25) is 0 Å². The summed E-state index contributed by atoms with van der Waals surface area (Å²) in [6.07, 6.45) is 3.86. The molecule has 0 rings (SSSR count). The van der Waals surface area contributed by atoms with Crippen molar-refractivity contribution in [1.82, 2.24) is 5.32 Å². The molecule has 1 N–H and O–H groups in total. The minimum atomic E-state index is 0.750. The molecule has 1 heteroatoms. The molecular formula is C11H29N. The second-order valence-corrected chi connectivity index (χ2v) is 2.18. The van der Waals surface area contributed by atoms with Crippen molar-refractivity contribution < 1.29 is 0 Å². The van der Waals surface area contributed by atoms with E-state index in [-0.39, 0.29) is 0 Å². The van der Waals surface area contributed by atoms with E-state index in [2.05, 4.69) is 19.2 Å². The third kappa shape index (κ3) is 16.5. The van der Waals surface area contributed by atoms with Gasteiger partial charge in [-0.1, -0.05) is 48.0 Å². The van der Waals surface area contributed by atoms with Crippen LogP contribution >= 0.6 is 0 Å². The standard InChI is InChI=1S/C7H17N.2C2H6/c1-4-6-7(5-2)8-3;2*1-2/h7-8H,4-6H2,1-3H3;2*1-2H3. The van der Waals surface area contributed by atoms with Gasteiger partial charge in [-0.25, -0.2) is 0 Å². The van der Waals surface area contributed by atoms with E-state index in [1.807, 2.05) is 34.7 Å². The highest BCUT2D eigenvalue weighted by atomic mass is 14.9. The highest BCUT2D eigenvalue weighted by Gasteiger charge is 1.97. The first-order chi connectivity index (χ1) is 5.85. The van der Waals surface area contributed by atoms with Gasteiger partial charge in [0.25, 0.3) is 0 Å². The minimum absolute atomic E-state index is 0.750. The van der Waals surface area contributed by atoms with Gasteiger partial charge in [0.1, 0.15) is 0 Å². The van der Waals surface area contributed by atoms with Crippen molar-refractivity contribution in [3.63, 3.8) is 0 Å². The molecule has 0 saturated carbocycles. The third-order valence-electron chi connectivity index (χ3n) is 1.54. The fourth-order valence-corrected chi connectivity index (χ4v) is 0.901. The molecule has 0 radical (unpaired) electrons. The molecule has 0 spiro atoms. The van der Waals surface area contributed by atoms with Crippen molar-refractivity contribution in [2.24, 2.45) is 0 Å². The lowest BCUT2D eigenvalue weighted by Gasteiger charge is -2.10. The molecule has 0 fully saturated rings. The zero-order valence-electron chi connectivity index (χ0n) is 10.2. The van der Waals surface area contributed by atoms with E-state index in [0.29, 0.717) is 0 Å². The van der Waals surface area contributed by atoms with Crippen LogP contribution in [0.3, 0.4) is 0 Å². The Morgan fingerprint density at radius 1 is 1.00 bits per heavy atom. The summed E-state index contributed by atoms with van der Waals surface area (Å²) in [5, 5.41) is 3.25. The van der Waals surface area contributed by atoms with E-state index in [0.717, 1.165) is 6.04 Å².